The maximum atomic E-state index is 11.4. The van der Waals surface area contributed by atoms with Gasteiger partial charge in [0.15, 0.2) is 0 Å². The van der Waals surface area contributed by atoms with E-state index in [1.54, 1.807) is 32.6 Å². The Morgan fingerprint density at radius 2 is 1.73 bits per heavy atom. The van der Waals surface area contributed by atoms with Gasteiger partial charge in [-0.1, -0.05) is 23.7 Å². The molecule has 0 amide bonds. The van der Waals surface area contributed by atoms with Crippen molar-refractivity contribution in [3.63, 3.8) is 0 Å². The first kappa shape index (κ1) is 16.6. The fraction of sp³-hybridized carbons (Fsp3) is 0.250. The smallest absolute Gasteiger partial charge is 0.143 e. The molecule has 2 aromatic rings. The summed E-state index contributed by atoms with van der Waals surface area (Å²) in [6.07, 6.45) is 1.66. The van der Waals surface area contributed by atoms with Crippen molar-refractivity contribution in [2.24, 2.45) is 0 Å². The van der Waals surface area contributed by atoms with Gasteiger partial charge in [-0.3, -0.25) is 4.21 Å². The third-order valence-corrected chi connectivity index (χ3v) is 4.44. The lowest BCUT2D eigenvalue weighted by molar-refractivity contribution is 0.404. The summed E-state index contributed by atoms with van der Waals surface area (Å²) in [4.78, 5) is 0.814. The molecular formula is C16H18ClNO3S. The lowest BCUT2D eigenvalue weighted by atomic mass is 10.2. The quantitative estimate of drug-likeness (QED) is 0.871. The SMILES string of the molecule is COc1cc(NCc2ccc([S@@](C)=O)cc2)c(OC)cc1Cl. The number of hydrogen-bond donors (Lipinski definition) is 1. The van der Waals surface area contributed by atoms with E-state index in [-0.39, 0.29) is 0 Å². The summed E-state index contributed by atoms with van der Waals surface area (Å²) >= 11 is 6.08. The third kappa shape index (κ3) is 3.93. The van der Waals surface area contributed by atoms with E-state index in [1.807, 2.05) is 24.3 Å². The van der Waals surface area contributed by atoms with Crippen molar-refractivity contribution < 1.29 is 13.7 Å². The number of nitrogens with one attached hydrogen (secondary N) is 1. The molecule has 0 heterocycles. The summed E-state index contributed by atoms with van der Waals surface area (Å²) in [6.45, 7) is 0.609. The van der Waals surface area contributed by atoms with Crippen molar-refractivity contribution in [1.82, 2.24) is 0 Å². The molecule has 1 atom stereocenters. The highest BCUT2D eigenvalue weighted by Gasteiger charge is 2.09. The van der Waals surface area contributed by atoms with E-state index in [0.29, 0.717) is 23.1 Å². The second kappa shape index (κ2) is 7.51. The maximum Gasteiger partial charge on any atom is 0.143 e. The molecule has 118 valence electrons. The lowest BCUT2D eigenvalue weighted by Gasteiger charge is -2.14. The Bertz CT molecular complexity index is 674. The van der Waals surface area contributed by atoms with Gasteiger partial charge in [0.1, 0.15) is 11.5 Å². The highest BCUT2D eigenvalue weighted by molar-refractivity contribution is 7.84. The van der Waals surface area contributed by atoms with Crippen molar-refractivity contribution in [2.45, 2.75) is 11.4 Å². The van der Waals surface area contributed by atoms with E-state index in [2.05, 4.69) is 5.32 Å². The Kier molecular flexibility index (Phi) is 5.69. The first-order valence-corrected chi connectivity index (χ1v) is 8.56. The Labute approximate surface area is 137 Å². The van der Waals surface area contributed by atoms with Gasteiger partial charge in [-0.25, -0.2) is 0 Å². The van der Waals surface area contributed by atoms with Crippen molar-refractivity contribution in [2.75, 3.05) is 25.8 Å². The van der Waals surface area contributed by atoms with Crippen molar-refractivity contribution >= 4 is 28.1 Å². The number of benzene rings is 2. The van der Waals surface area contributed by atoms with Gasteiger partial charge < -0.3 is 14.8 Å². The summed E-state index contributed by atoms with van der Waals surface area (Å²) in [7, 11) is 2.20. The molecule has 0 aromatic heterocycles. The van der Waals surface area contributed by atoms with Crippen LogP contribution in [-0.4, -0.2) is 24.7 Å². The van der Waals surface area contributed by atoms with Gasteiger partial charge in [-0.15, -0.1) is 0 Å². The predicted molar refractivity (Wildman–Crippen MR) is 90.7 cm³/mol. The normalized spacial score (nSPS) is 11.8. The predicted octanol–water partition coefficient (Wildman–Crippen LogP) is 3.71. The summed E-state index contributed by atoms with van der Waals surface area (Å²) in [6, 6.07) is 11.1. The van der Waals surface area contributed by atoms with Crippen LogP contribution in [0.15, 0.2) is 41.3 Å². The summed E-state index contributed by atoms with van der Waals surface area (Å²) in [5.74, 6) is 1.23. The van der Waals surface area contributed by atoms with Crippen LogP contribution in [0.5, 0.6) is 11.5 Å². The molecule has 2 aromatic carbocycles. The van der Waals surface area contributed by atoms with Crippen LogP contribution >= 0.6 is 11.6 Å². The molecule has 0 radical (unpaired) electrons. The second-order valence-corrected chi connectivity index (χ2v) is 6.43. The molecule has 0 saturated carbocycles. The van der Waals surface area contributed by atoms with Crippen LogP contribution in [0.3, 0.4) is 0 Å². The van der Waals surface area contributed by atoms with Crippen molar-refractivity contribution in [1.29, 1.82) is 0 Å². The van der Waals surface area contributed by atoms with E-state index < -0.39 is 10.8 Å². The molecule has 22 heavy (non-hydrogen) atoms. The van der Waals surface area contributed by atoms with Crippen molar-refractivity contribution in [3.05, 3.63) is 47.0 Å². The molecule has 0 spiro atoms. The molecule has 0 aliphatic rings. The Hall–Kier alpha value is -1.72. The van der Waals surface area contributed by atoms with Crippen molar-refractivity contribution in [3.8, 4) is 11.5 Å². The summed E-state index contributed by atoms with van der Waals surface area (Å²) < 4.78 is 21.9. The molecule has 4 nitrogen and oxygen atoms in total. The highest BCUT2D eigenvalue weighted by Crippen LogP contribution is 2.36. The Morgan fingerprint density at radius 1 is 1.09 bits per heavy atom. The van der Waals surface area contributed by atoms with Gasteiger partial charge in [0.25, 0.3) is 0 Å². The van der Waals surface area contributed by atoms with Crippen LogP contribution in [-0.2, 0) is 17.3 Å². The lowest BCUT2D eigenvalue weighted by Crippen LogP contribution is -2.02. The minimum atomic E-state index is -0.961. The Morgan fingerprint density at radius 3 is 2.27 bits per heavy atom. The zero-order valence-electron chi connectivity index (χ0n) is 12.7. The molecule has 0 aliphatic carbocycles. The van der Waals surface area contributed by atoms with Gasteiger partial charge in [-0.05, 0) is 17.7 Å². The van der Waals surface area contributed by atoms with Gasteiger partial charge in [0.2, 0.25) is 0 Å². The number of hydrogen-bond acceptors (Lipinski definition) is 4. The zero-order chi connectivity index (χ0) is 16.1. The fourth-order valence-corrected chi connectivity index (χ4v) is 2.74. The molecule has 1 N–H and O–H groups in total. The highest BCUT2D eigenvalue weighted by atomic mass is 35.5. The molecule has 0 fully saturated rings. The largest absolute Gasteiger partial charge is 0.495 e. The number of halogens is 1. The first-order valence-electron chi connectivity index (χ1n) is 6.63. The topological polar surface area (TPSA) is 47.6 Å². The average Bonchev–Trinajstić information content (AvgIpc) is 2.53. The molecule has 6 heteroatoms. The average molecular weight is 340 g/mol. The molecule has 0 unspecified atom stereocenters. The van der Waals surface area contributed by atoms with Crippen LogP contribution in [0.2, 0.25) is 5.02 Å². The molecule has 2 rings (SSSR count). The van der Waals surface area contributed by atoms with E-state index in [0.717, 1.165) is 16.1 Å². The number of ether oxygens (including phenoxy) is 2. The second-order valence-electron chi connectivity index (χ2n) is 4.64. The molecule has 0 bridgehead atoms. The van der Waals surface area contributed by atoms with E-state index >= 15 is 0 Å². The number of rotatable bonds is 6. The Balaban J connectivity index is 2.15. The first-order chi connectivity index (χ1) is 10.5. The van der Waals surface area contributed by atoms with Gasteiger partial charge in [0.05, 0.1) is 24.9 Å². The maximum absolute atomic E-state index is 11.4. The van der Waals surface area contributed by atoms with Crippen LogP contribution in [0.4, 0.5) is 5.69 Å². The number of anilines is 1. The molecule has 0 saturated heterocycles. The van der Waals surface area contributed by atoms with E-state index in [1.165, 1.54) is 0 Å². The fourth-order valence-electron chi connectivity index (χ4n) is 1.99. The number of methoxy groups -OCH3 is 2. The molecular weight excluding hydrogens is 322 g/mol. The van der Waals surface area contributed by atoms with Crippen LogP contribution in [0.25, 0.3) is 0 Å². The van der Waals surface area contributed by atoms with Gasteiger partial charge >= 0.3 is 0 Å². The standard InChI is InChI=1S/C16H18ClNO3S/c1-20-15-9-14(16(21-2)8-13(15)17)18-10-11-4-6-12(7-5-11)22(3)19/h4-9,18H,10H2,1-3H3/t22-/m1/s1. The summed E-state index contributed by atoms with van der Waals surface area (Å²) in [5.41, 5.74) is 1.87. The van der Waals surface area contributed by atoms with E-state index in [4.69, 9.17) is 21.1 Å². The van der Waals surface area contributed by atoms with Crippen LogP contribution in [0.1, 0.15) is 5.56 Å². The minimum absolute atomic E-state index is 0.500. The van der Waals surface area contributed by atoms with E-state index in [9.17, 15) is 4.21 Å². The monoisotopic (exact) mass is 339 g/mol. The minimum Gasteiger partial charge on any atom is -0.495 e. The third-order valence-electron chi connectivity index (χ3n) is 3.21. The summed E-state index contributed by atoms with van der Waals surface area (Å²) in [5, 5.41) is 3.79. The zero-order valence-corrected chi connectivity index (χ0v) is 14.3. The molecule has 0 aliphatic heterocycles. The van der Waals surface area contributed by atoms with Gasteiger partial charge in [-0.2, -0.15) is 0 Å². The van der Waals surface area contributed by atoms with Crippen LogP contribution < -0.4 is 14.8 Å². The van der Waals surface area contributed by atoms with Gasteiger partial charge in [0, 0.05) is 40.6 Å². The van der Waals surface area contributed by atoms with Crippen LogP contribution in [0, 0.1) is 0 Å².